The number of piperazine rings is 1. The summed E-state index contributed by atoms with van der Waals surface area (Å²) in [5.41, 5.74) is 1.20. The Hall–Kier alpha value is -2.44. The molecule has 0 unspecified atom stereocenters. The molecule has 1 amide bonds. The number of methoxy groups -OCH3 is 1. The predicted molar refractivity (Wildman–Crippen MR) is 106 cm³/mol. The lowest BCUT2D eigenvalue weighted by Crippen LogP contribution is -2.53. The number of rotatable bonds is 6. The minimum atomic E-state index is 0.0117. The maximum absolute atomic E-state index is 11.8. The zero-order valence-corrected chi connectivity index (χ0v) is 16.4. The molecule has 1 aromatic carbocycles. The van der Waals surface area contributed by atoms with E-state index in [1.54, 1.807) is 26.1 Å². The van der Waals surface area contributed by atoms with E-state index >= 15 is 0 Å². The van der Waals surface area contributed by atoms with Crippen LogP contribution in [-0.4, -0.2) is 82.1 Å². The number of hydrogen-bond acceptors (Lipinski definition) is 4. The number of benzene rings is 1. The molecule has 1 N–H and O–H groups in total. The Morgan fingerprint density at radius 2 is 1.85 bits per heavy atom. The van der Waals surface area contributed by atoms with Crippen molar-refractivity contribution in [3.63, 3.8) is 0 Å². The first-order valence-electron chi connectivity index (χ1n) is 9.17. The fourth-order valence-electron chi connectivity index (χ4n) is 2.76. The zero-order chi connectivity index (χ0) is 18.9. The van der Waals surface area contributed by atoms with Gasteiger partial charge in [-0.25, -0.2) is 4.99 Å². The summed E-state index contributed by atoms with van der Waals surface area (Å²) in [5.74, 6) is 1.71. The van der Waals surface area contributed by atoms with Gasteiger partial charge in [0.2, 0.25) is 5.91 Å². The lowest BCUT2D eigenvalue weighted by Gasteiger charge is -2.37. The number of aliphatic imine (C=N–C) groups is 1. The number of guanidine groups is 1. The van der Waals surface area contributed by atoms with Crippen molar-refractivity contribution in [2.24, 2.45) is 4.99 Å². The number of nitrogens with zero attached hydrogens (tertiary/aromatic N) is 4. The van der Waals surface area contributed by atoms with E-state index < -0.39 is 0 Å². The normalized spacial score (nSPS) is 15.0. The molecule has 1 saturated heterocycles. The van der Waals surface area contributed by atoms with Gasteiger partial charge in [-0.3, -0.25) is 4.79 Å². The van der Waals surface area contributed by atoms with E-state index in [4.69, 9.17) is 4.74 Å². The standard InChI is InChI=1S/C19H31N5O2/c1-5-10-20-19(21-15-18(25)22(2)3)24-13-11-23(12-14-24)16-6-8-17(26-4)9-7-16/h6-9H,5,10-15H2,1-4H3,(H,20,21). The summed E-state index contributed by atoms with van der Waals surface area (Å²) in [6.07, 6.45) is 1.02. The minimum Gasteiger partial charge on any atom is -0.497 e. The van der Waals surface area contributed by atoms with Crippen molar-refractivity contribution in [3.8, 4) is 5.75 Å². The molecule has 7 heteroatoms. The van der Waals surface area contributed by atoms with Gasteiger partial charge in [0.15, 0.2) is 5.96 Å². The molecule has 2 rings (SSSR count). The van der Waals surface area contributed by atoms with E-state index in [0.717, 1.165) is 50.9 Å². The second-order valence-corrected chi connectivity index (χ2v) is 6.53. The van der Waals surface area contributed by atoms with Gasteiger partial charge in [-0.1, -0.05) is 6.92 Å². The summed E-state index contributed by atoms with van der Waals surface area (Å²) >= 11 is 0. The first-order chi connectivity index (χ1) is 12.5. The fraction of sp³-hybridized carbons (Fsp3) is 0.579. The van der Waals surface area contributed by atoms with Crippen LogP contribution in [0.25, 0.3) is 0 Å². The van der Waals surface area contributed by atoms with Crippen LogP contribution >= 0.6 is 0 Å². The summed E-state index contributed by atoms with van der Waals surface area (Å²) in [4.78, 5) is 22.5. The third kappa shape index (κ3) is 5.54. The van der Waals surface area contributed by atoms with Gasteiger partial charge < -0.3 is 24.8 Å². The zero-order valence-electron chi connectivity index (χ0n) is 16.4. The van der Waals surface area contributed by atoms with Crippen molar-refractivity contribution in [1.29, 1.82) is 0 Å². The molecule has 0 saturated carbocycles. The molecule has 1 aliphatic rings. The van der Waals surface area contributed by atoms with Gasteiger partial charge >= 0.3 is 0 Å². The lowest BCUT2D eigenvalue weighted by molar-refractivity contribution is -0.127. The number of likely N-dealkylation sites (N-methyl/N-ethyl adjacent to an activating group) is 1. The average molecular weight is 361 g/mol. The molecule has 0 radical (unpaired) electrons. The third-order valence-electron chi connectivity index (χ3n) is 4.41. The van der Waals surface area contributed by atoms with Crippen molar-refractivity contribution in [2.45, 2.75) is 13.3 Å². The fourth-order valence-corrected chi connectivity index (χ4v) is 2.76. The van der Waals surface area contributed by atoms with Crippen LogP contribution in [0.2, 0.25) is 0 Å². The smallest absolute Gasteiger partial charge is 0.243 e. The van der Waals surface area contributed by atoms with Crippen molar-refractivity contribution >= 4 is 17.6 Å². The summed E-state index contributed by atoms with van der Waals surface area (Å²) in [7, 11) is 5.19. The SMILES string of the molecule is CCCNC(=NCC(=O)N(C)C)N1CCN(c2ccc(OC)cc2)CC1. The number of nitrogens with one attached hydrogen (secondary N) is 1. The van der Waals surface area contributed by atoms with E-state index in [9.17, 15) is 4.79 Å². The van der Waals surface area contributed by atoms with Gasteiger partial charge in [-0.15, -0.1) is 0 Å². The van der Waals surface area contributed by atoms with Crippen molar-refractivity contribution < 1.29 is 9.53 Å². The van der Waals surface area contributed by atoms with Gasteiger partial charge in [0.25, 0.3) is 0 Å². The van der Waals surface area contributed by atoms with E-state index in [1.165, 1.54) is 5.69 Å². The number of hydrogen-bond donors (Lipinski definition) is 1. The molecule has 1 aliphatic heterocycles. The highest BCUT2D eigenvalue weighted by atomic mass is 16.5. The second kappa shape index (κ2) is 9.89. The molecule has 0 aliphatic carbocycles. The van der Waals surface area contributed by atoms with Crippen LogP contribution in [0.15, 0.2) is 29.3 Å². The predicted octanol–water partition coefficient (Wildman–Crippen LogP) is 1.26. The summed E-state index contributed by atoms with van der Waals surface area (Å²) in [6, 6.07) is 8.16. The molecule has 26 heavy (non-hydrogen) atoms. The number of amides is 1. The number of carbonyl (C=O) groups is 1. The molecule has 144 valence electrons. The Morgan fingerprint density at radius 1 is 1.19 bits per heavy atom. The van der Waals surface area contributed by atoms with Crippen LogP contribution < -0.4 is 15.0 Å². The number of carbonyl (C=O) groups excluding carboxylic acids is 1. The second-order valence-electron chi connectivity index (χ2n) is 6.53. The lowest BCUT2D eigenvalue weighted by atomic mass is 10.2. The molecule has 0 atom stereocenters. The van der Waals surface area contributed by atoms with Gasteiger partial charge in [0.05, 0.1) is 7.11 Å². The Morgan fingerprint density at radius 3 is 2.38 bits per heavy atom. The van der Waals surface area contributed by atoms with Gasteiger partial charge in [0, 0.05) is 52.5 Å². The van der Waals surface area contributed by atoms with Crippen LogP contribution in [0.4, 0.5) is 5.69 Å². The molecule has 0 bridgehead atoms. The monoisotopic (exact) mass is 361 g/mol. The van der Waals surface area contributed by atoms with Gasteiger partial charge in [-0.2, -0.15) is 0 Å². The van der Waals surface area contributed by atoms with Gasteiger partial charge in [0.1, 0.15) is 12.3 Å². The maximum Gasteiger partial charge on any atom is 0.243 e. The van der Waals surface area contributed by atoms with Crippen LogP contribution in [0, 0.1) is 0 Å². The third-order valence-corrected chi connectivity index (χ3v) is 4.41. The Labute approximate surface area is 156 Å². The molecule has 1 aromatic rings. The van der Waals surface area contributed by atoms with Crippen molar-refractivity contribution in [2.75, 3.05) is 65.4 Å². The summed E-state index contributed by atoms with van der Waals surface area (Å²) in [5, 5.41) is 3.37. The first kappa shape index (κ1) is 19.9. The Bertz CT molecular complexity index is 592. The summed E-state index contributed by atoms with van der Waals surface area (Å²) < 4.78 is 5.22. The minimum absolute atomic E-state index is 0.0117. The summed E-state index contributed by atoms with van der Waals surface area (Å²) in [6.45, 7) is 6.74. The Kier molecular flexibility index (Phi) is 7.56. The maximum atomic E-state index is 11.8. The van der Waals surface area contributed by atoms with Crippen LogP contribution in [0.3, 0.4) is 0 Å². The van der Waals surface area contributed by atoms with Crippen LogP contribution in [0.1, 0.15) is 13.3 Å². The largest absolute Gasteiger partial charge is 0.497 e. The molecule has 0 aromatic heterocycles. The van der Waals surface area contributed by atoms with Crippen LogP contribution in [-0.2, 0) is 4.79 Å². The van der Waals surface area contributed by atoms with Crippen molar-refractivity contribution in [3.05, 3.63) is 24.3 Å². The van der Waals surface area contributed by atoms with Crippen molar-refractivity contribution in [1.82, 2.24) is 15.1 Å². The van der Waals surface area contributed by atoms with E-state index in [0.29, 0.717) is 0 Å². The molecule has 1 heterocycles. The molecule has 1 fully saturated rings. The highest BCUT2D eigenvalue weighted by Crippen LogP contribution is 2.20. The topological polar surface area (TPSA) is 60.4 Å². The average Bonchev–Trinajstić information content (AvgIpc) is 2.68. The van der Waals surface area contributed by atoms with E-state index in [-0.39, 0.29) is 12.5 Å². The van der Waals surface area contributed by atoms with Gasteiger partial charge in [-0.05, 0) is 30.7 Å². The quantitative estimate of drug-likeness (QED) is 0.611. The van der Waals surface area contributed by atoms with Crippen LogP contribution in [0.5, 0.6) is 5.75 Å². The van der Waals surface area contributed by atoms with E-state index in [1.807, 2.05) is 12.1 Å². The molecule has 0 spiro atoms. The highest BCUT2D eigenvalue weighted by Gasteiger charge is 2.20. The molecule has 7 nitrogen and oxygen atoms in total. The number of ether oxygens (including phenoxy) is 1. The Balaban J connectivity index is 1.96. The molecular weight excluding hydrogens is 330 g/mol. The first-order valence-corrected chi connectivity index (χ1v) is 9.17. The number of anilines is 1. The highest BCUT2D eigenvalue weighted by molar-refractivity contribution is 5.85. The molecular formula is C19H31N5O2. The van der Waals surface area contributed by atoms with E-state index in [2.05, 4.69) is 39.2 Å².